The number of amides is 4. The molecule has 4 heterocycles. The minimum absolute atomic E-state index is 0.0201. The normalized spacial score (nSPS) is 17.0. The number of hydrogen-bond donors (Lipinski definition) is 0. The standard InChI is InChI=1S/C19H20N4O.C18H16N4O/c1-14-6-5-7-15(12-14)8-9-16-10-11-17(21-20-16)23-13-19(2,3)22(4)18(23)24;1-21-17(23)22(13-18(21)9-10-18)16-19-11-15(12-20-16)8-7-14-5-3-2-4-6-14/h5-7,10-12H,13H2,1-4H3;2-6,11-12H,9-10,13H2,1H3. The summed E-state index contributed by atoms with van der Waals surface area (Å²) in [6.07, 6.45) is 5.46. The van der Waals surface area contributed by atoms with Crippen LogP contribution in [-0.4, -0.2) is 80.3 Å². The van der Waals surface area contributed by atoms with Crippen LogP contribution in [0.15, 0.2) is 79.1 Å². The van der Waals surface area contributed by atoms with E-state index in [0.29, 0.717) is 30.5 Å². The third-order valence-electron chi connectivity index (χ3n) is 8.76. The molecule has 2 aromatic carbocycles. The van der Waals surface area contributed by atoms with E-state index in [1.165, 1.54) is 5.56 Å². The average molecular weight is 625 g/mol. The van der Waals surface area contributed by atoms with Crippen LogP contribution < -0.4 is 9.80 Å². The molecule has 1 aliphatic carbocycles. The molecule has 0 unspecified atom stereocenters. The summed E-state index contributed by atoms with van der Waals surface area (Å²) in [4.78, 5) is 40.1. The second-order valence-electron chi connectivity index (χ2n) is 12.7. The molecule has 3 fully saturated rings. The van der Waals surface area contributed by atoms with Gasteiger partial charge in [-0.2, -0.15) is 0 Å². The van der Waals surface area contributed by atoms with Crippen molar-refractivity contribution < 1.29 is 9.59 Å². The van der Waals surface area contributed by atoms with E-state index in [0.717, 1.165) is 29.5 Å². The van der Waals surface area contributed by atoms with Gasteiger partial charge in [0.05, 0.1) is 29.7 Å². The topological polar surface area (TPSA) is 98.7 Å². The highest BCUT2D eigenvalue weighted by Gasteiger charge is 2.56. The van der Waals surface area contributed by atoms with Crippen LogP contribution in [0, 0.1) is 30.6 Å². The largest absolute Gasteiger partial charge is 0.327 e. The summed E-state index contributed by atoms with van der Waals surface area (Å²) in [5.74, 6) is 13.2. The number of nitrogens with zero attached hydrogens (tertiary/aromatic N) is 8. The molecule has 0 atom stereocenters. The molecular formula is C37H36N8O2. The van der Waals surface area contributed by atoms with E-state index >= 15 is 0 Å². The molecule has 10 heteroatoms. The van der Waals surface area contributed by atoms with Gasteiger partial charge in [0.25, 0.3) is 0 Å². The van der Waals surface area contributed by atoms with Crippen molar-refractivity contribution in [2.24, 2.45) is 0 Å². The van der Waals surface area contributed by atoms with Crippen LogP contribution in [0.2, 0.25) is 0 Å². The zero-order chi connectivity index (χ0) is 33.2. The van der Waals surface area contributed by atoms with Crippen LogP contribution in [0.4, 0.5) is 21.4 Å². The molecule has 0 radical (unpaired) electrons. The molecule has 2 aromatic heterocycles. The Morgan fingerprint density at radius 3 is 1.94 bits per heavy atom. The van der Waals surface area contributed by atoms with Crippen molar-refractivity contribution in [3.05, 3.63) is 107 Å². The highest BCUT2D eigenvalue weighted by Crippen LogP contribution is 2.46. The number of likely N-dealkylation sites (N-methyl/N-ethyl adjacent to an activating group) is 2. The number of hydrogen-bond acceptors (Lipinski definition) is 6. The Morgan fingerprint density at radius 1 is 0.681 bits per heavy atom. The van der Waals surface area contributed by atoms with Crippen LogP contribution in [0.1, 0.15) is 54.6 Å². The van der Waals surface area contributed by atoms with E-state index in [1.54, 1.807) is 46.3 Å². The predicted molar refractivity (Wildman–Crippen MR) is 181 cm³/mol. The zero-order valence-corrected chi connectivity index (χ0v) is 27.2. The third kappa shape index (κ3) is 6.78. The Labute approximate surface area is 275 Å². The summed E-state index contributed by atoms with van der Waals surface area (Å²) in [5, 5.41) is 8.30. The van der Waals surface area contributed by atoms with Gasteiger partial charge in [0.15, 0.2) is 5.82 Å². The van der Waals surface area contributed by atoms with Gasteiger partial charge in [0.2, 0.25) is 5.95 Å². The maximum absolute atomic E-state index is 12.3. The monoisotopic (exact) mass is 624 g/mol. The van der Waals surface area contributed by atoms with Gasteiger partial charge >= 0.3 is 12.1 Å². The highest BCUT2D eigenvalue weighted by atomic mass is 16.2. The van der Waals surface area contributed by atoms with Crippen LogP contribution in [-0.2, 0) is 0 Å². The van der Waals surface area contributed by atoms with Gasteiger partial charge in [-0.25, -0.2) is 19.6 Å². The number of aromatic nitrogens is 4. The second-order valence-corrected chi connectivity index (χ2v) is 12.7. The molecule has 2 aliphatic heterocycles. The lowest BCUT2D eigenvalue weighted by molar-refractivity contribution is 0.198. The summed E-state index contributed by atoms with van der Waals surface area (Å²) in [5.41, 5.74) is 4.18. The number of aryl methyl sites for hydroxylation is 1. The van der Waals surface area contributed by atoms with Gasteiger partial charge in [-0.1, -0.05) is 48.1 Å². The first-order valence-corrected chi connectivity index (χ1v) is 15.5. The molecule has 1 spiro atoms. The Balaban J connectivity index is 0.000000164. The van der Waals surface area contributed by atoms with Gasteiger partial charge in [0, 0.05) is 37.6 Å². The fraction of sp³-hybridized carbons (Fsp3) is 0.297. The molecule has 2 saturated heterocycles. The van der Waals surface area contributed by atoms with Crippen molar-refractivity contribution in [2.45, 2.75) is 44.7 Å². The highest BCUT2D eigenvalue weighted by molar-refractivity contribution is 5.94. The molecule has 10 nitrogen and oxygen atoms in total. The second kappa shape index (κ2) is 12.6. The molecule has 4 aromatic rings. The van der Waals surface area contributed by atoms with Gasteiger partial charge in [-0.3, -0.25) is 9.80 Å². The molecule has 4 amide bonds. The quantitative estimate of drug-likeness (QED) is 0.288. The van der Waals surface area contributed by atoms with Crippen molar-refractivity contribution in [2.75, 3.05) is 37.0 Å². The number of rotatable bonds is 2. The Morgan fingerprint density at radius 2 is 1.34 bits per heavy atom. The third-order valence-corrected chi connectivity index (χ3v) is 8.76. The first-order chi connectivity index (χ1) is 22.5. The average Bonchev–Trinajstić information content (AvgIpc) is 3.79. The van der Waals surface area contributed by atoms with E-state index in [-0.39, 0.29) is 23.1 Å². The summed E-state index contributed by atoms with van der Waals surface area (Å²) >= 11 is 0. The van der Waals surface area contributed by atoms with Crippen LogP contribution in [0.5, 0.6) is 0 Å². The van der Waals surface area contributed by atoms with E-state index in [1.807, 2.05) is 87.3 Å². The fourth-order valence-electron chi connectivity index (χ4n) is 5.41. The Kier molecular flexibility index (Phi) is 8.36. The Hall–Kier alpha value is -5.74. The smallest absolute Gasteiger partial charge is 0.320 e. The molecule has 3 aliphatic rings. The molecule has 47 heavy (non-hydrogen) atoms. The van der Waals surface area contributed by atoms with E-state index < -0.39 is 0 Å². The van der Waals surface area contributed by atoms with Gasteiger partial charge in [-0.15, -0.1) is 10.2 Å². The number of urea groups is 2. The number of anilines is 2. The fourth-order valence-corrected chi connectivity index (χ4v) is 5.41. The summed E-state index contributed by atoms with van der Waals surface area (Å²) in [6, 6.07) is 21.3. The molecule has 0 bridgehead atoms. The maximum atomic E-state index is 12.3. The van der Waals surface area contributed by atoms with Gasteiger partial charge in [-0.05, 0) is 81.5 Å². The molecule has 0 N–H and O–H groups in total. The summed E-state index contributed by atoms with van der Waals surface area (Å²) in [6.45, 7) is 7.36. The minimum Gasteiger partial charge on any atom is -0.320 e. The number of carbonyl (C=O) groups is 2. The van der Waals surface area contributed by atoms with Crippen molar-refractivity contribution in [1.29, 1.82) is 0 Å². The molecule has 7 rings (SSSR count). The SMILES string of the molecule is CN1C(=O)N(c2ncc(C#Cc3ccccc3)cn2)CC12CC2.Cc1cccc(C#Cc2ccc(N3CC(C)(C)N(C)C3=O)nn2)c1. The predicted octanol–water partition coefficient (Wildman–Crippen LogP) is 5.12. The first-order valence-electron chi connectivity index (χ1n) is 15.5. The van der Waals surface area contributed by atoms with Crippen molar-refractivity contribution in [3.8, 4) is 23.7 Å². The van der Waals surface area contributed by atoms with Gasteiger partial charge < -0.3 is 9.80 Å². The van der Waals surface area contributed by atoms with Gasteiger partial charge in [0.1, 0.15) is 5.69 Å². The van der Waals surface area contributed by atoms with E-state index in [9.17, 15) is 9.59 Å². The first kappa shape index (κ1) is 31.3. The summed E-state index contributed by atoms with van der Waals surface area (Å²) in [7, 11) is 3.66. The van der Waals surface area contributed by atoms with E-state index in [2.05, 4.69) is 43.8 Å². The molecule has 1 saturated carbocycles. The number of benzene rings is 2. The lowest BCUT2D eigenvalue weighted by atomic mass is 10.1. The van der Waals surface area contributed by atoms with Crippen LogP contribution in [0.3, 0.4) is 0 Å². The van der Waals surface area contributed by atoms with Crippen LogP contribution in [0.25, 0.3) is 0 Å². The minimum atomic E-state index is -0.220. The van der Waals surface area contributed by atoms with E-state index in [4.69, 9.17) is 0 Å². The lowest BCUT2D eigenvalue weighted by Gasteiger charge is -2.24. The van der Waals surface area contributed by atoms with Crippen LogP contribution >= 0.6 is 0 Å². The maximum Gasteiger partial charge on any atom is 0.327 e. The summed E-state index contributed by atoms with van der Waals surface area (Å²) < 4.78 is 0. The lowest BCUT2D eigenvalue weighted by Crippen LogP contribution is -2.38. The van der Waals surface area contributed by atoms with Crippen molar-refractivity contribution >= 4 is 23.8 Å². The molecular weight excluding hydrogens is 588 g/mol. The Bertz CT molecular complexity index is 1910. The number of carbonyl (C=O) groups excluding carboxylic acids is 2. The van der Waals surface area contributed by atoms with Crippen molar-refractivity contribution in [3.63, 3.8) is 0 Å². The zero-order valence-electron chi connectivity index (χ0n) is 27.2. The van der Waals surface area contributed by atoms with Crippen molar-refractivity contribution in [1.82, 2.24) is 30.0 Å². The molecule has 236 valence electrons.